The van der Waals surface area contributed by atoms with Crippen LogP contribution in [0, 0.1) is 17.2 Å². The Kier molecular flexibility index (Phi) is 5.14. The van der Waals surface area contributed by atoms with Crippen molar-refractivity contribution >= 4 is 15.9 Å². The van der Waals surface area contributed by atoms with Gasteiger partial charge in [0, 0.05) is 23.1 Å². The summed E-state index contributed by atoms with van der Waals surface area (Å²) in [6.45, 7) is 10.3. The SMILES string of the molecule is CC(C)C(C)(C)CNCc1ccc(Br)cc1F. The van der Waals surface area contributed by atoms with Crippen LogP contribution in [0.1, 0.15) is 33.3 Å². The van der Waals surface area contributed by atoms with Gasteiger partial charge in [-0.25, -0.2) is 4.39 Å². The summed E-state index contributed by atoms with van der Waals surface area (Å²) in [5, 5.41) is 3.33. The van der Waals surface area contributed by atoms with Crippen LogP contribution in [0.2, 0.25) is 0 Å². The number of rotatable bonds is 5. The van der Waals surface area contributed by atoms with Gasteiger partial charge in [-0.3, -0.25) is 0 Å². The van der Waals surface area contributed by atoms with Gasteiger partial charge in [0.05, 0.1) is 0 Å². The number of hydrogen-bond acceptors (Lipinski definition) is 1. The third-order valence-corrected chi connectivity index (χ3v) is 3.97. The van der Waals surface area contributed by atoms with Crippen LogP contribution in [-0.4, -0.2) is 6.54 Å². The van der Waals surface area contributed by atoms with Gasteiger partial charge < -0.3 is 5.32 Å². The molecular formula is C14H21BrFN. The van der Waals surface area contributed by atoms with Crippen molar-refractivity contribution in [2.75, 3.05) is 6.54 Å². The Hall–Kier alpha value is -0.410. The molecule has 0 bridgehead atoms. The van der Waals surface area contributed by atoms with Crippen molar-refractivity contribution in [2.45, 2.75) is 34.2 Å². The van der Waals surface area contributed by atoms with Crippen molar-refractivity contribution in [3.05, 3.63) is 34.1 Å². The Morgan fingerprint density at radius 1 is 1.35 bits per heavy atom. The maximum absolute atomic E-state index is 13.6. The van der Waals surface area contributed by atoms with Gasteiger partial charge in [-0.05, 0) is 23.5 Å². The molecule has 0 saturated carbocycles. The van der Waals surface area contributed by atoms with Crippen LogP contribution in [-0.2, 0) is 6.54 Å². The fraction of sp³-hybridized carbons (Fsp3) is 0.571. The summed E-state index contributed by atoms with van der Waals surface area (Å²) in [6.07, 6.45) is 0. The van der Waals surface area contributed by atoms with Crippen molar-refractivity contribution < 1.29 is 4.39 Å². The first kappa shape index (κ1) is 14.7. The lowest BCUT2D eigenvalue weighted by Gasteiger charge is -2.29. The summed E-state index contributed by atoms with van der Waals surface area (Å²) < 4.78 is 14.3. The molecule has 0 aliphatic rings. The zero-order chi connectivity index (χ0) is 13.1. The minimum absolute atomic E-state index is 0.158. The Labute approximate surface area is 112 Å². The van der Waals surface area contributed by atoms with Crippen LogP contribution in [0.15, 0.2) is 22.7 Å². The van der Waals surface area contributed by atoms with Crippen LogP contribution in [0.4, 0.5) is 4.39 Å². The summed E-state index contributed by atoms with van der Waals surface area (Å²) in [7, 11) is 0. The van der Waals surface area contributed by atoms with Crippen LogP contribution in [0.25, 0.3) is 0 Å². The Morgan fingerprint density at radius 2 is 2.00 bits per heavy atom. The molecule has 0 unspecified atom stereocenters. The number of hydrogen-bond donors (Lipinski definition) is 1. The maximum Gasteiger partial charge on any atom is 0.128 e. The highest BCUT2D eigenvalue weighted by Gasteiger charge is 2.21. The van der Waals surface area contributed by atoms with E-state index in [-0.39, 0.29) is 11.2 Å². The van der Waals surface area contributed by atoms with E-state index < -0.39 is 0 Å². The van der Waals surface area contributed by atoms with Gasteiger partial charge >= 0.3 is 0 Å². The van der Waals surface area contributed by atoms with E-state index in [9.17, 15) is 4.39 Å². The second kappa shape index (κ2) is 5.96. The first-order valence-electron chi connectivity index (χ1n) is 5.97. The van der Waals surface area contributed by atoms with Gasteiger partial charge in [0.2, 0.25) is 0 Å². The summed E-state index contributed by atoms with van der Waals surface area (Å²) in [4.78, 5) is 0. The summed E-state index contributed by atoms with van der Waals surface area (Å²) >= 11 is 3.25. The molecule has 1 aromatic carbocycles. The predicted octanol–water partition coefficient (Wildman–Crippen LogP) is 4.36. The lowest BCUT2D eigenvalue weighted by molar-refractivity contribution is 0.237. The highest BCUT2D eigenvalue weighted by atomic mass is 79.9. The van der Waals surface area contributed by atoms with Crippen LogP contribution >= 0.6 is 15.9 Å². The van der Waals surface area contributed by atoms with Crippen molar-refractivity contribution in [2.24, 2.45) is 11.3 Å². The molecule has 1 nitrogen and oxygen atoms in total. The monoisotopic (exact) mass is 301 g/mol. The fourth-order valence-corrected chi connectivity index (χ4v) is 1.72. The smallest absolute Gasteiger partial charge is 0.128 e. The van der Waals surface area contributed by atoms with Crippen molar-refractivity contribution in [3.63, 3.8) is 0 Å². The van der Waals surface area contributed by atoms with Crippen LogP contribution in [0.5, 0.6) is 0 Å². The highest BCUT2D eigenvalue weighted by molar-refractivity contribution is 9.10. The number of nitrogens with one attached hydrogen (secondary N) is 1. The Balaban J connectivity index is 2.51. The van der Waals surface area contributed by atoms with E-state index >= 15 is 0 Å². The zero-order valence-corrected chi connectivity index (χ0v) is 12.6. The second-order valence-corrected chi connectivity index (χ2v) is 6.40. The zero-order valence-electron chi connectivity index (χ0n) is 11.0. The minimum Gasteiger partial charge on any atom is -0.312 e. The largest absolute Gasteiger partial charge is 0.312 e. The summed E-state index contributed by atoms with van der Waals surface area (Å²) in [6, 6.07) is 5.19. The van der Waals surface area contributed by atoms with Gasteiger partial charge in [0.15, 0.2) is 0 Å². The molecule has 0 amide bonds. The number of benzene rings is 1. The van der Waals surface area contributed by atoms with E-state index in [4.69, 9.17) is 0 Å². The molecule has 0 spiro atoms. The van der Waals surface area contributed by atoms with Crippen molar-refractivity contribution in [1.29, 1.82) is 0 Å². The molecule has 3 heteroatoms. The van der Waals surface area contributed by atoms with Gasteiger partial charge in [-0.2, -0.15) is 0 Å². The lowest BCUT2D eigenvalue weighted by atomic mass is 9.81. The molecule has 17 heavy (non-hydrogen) atoms. The first-order valence-corrected chi connectivity index (χ1v) is 6.77. The number of halogens is 2. The molecule has 0 aliphatic heterocycles. The second-order valence-electron chi connectivity index (χ2n) is 5.48. The lowest BCUT2D eigenvalue weighted by Crippen LogP contribution is -2.33. The average Bonchev–Trinajstić information content (AvgIpc) is 2.21. The molecule has 0 heterocycles. The van der Waals surface area contributed by atoms with E-state index in [0.29, 0.717) is 18.0 Å². The van der Waals surface area contributed by atoms with E-state index in [1.807, 2.05) is 12.1 Å². The van der Waals surface area contributed by atoms with E-state index in [1.165, 1.54) is 6.07 Å². The quantitative estimate of drug-likeness (QED) is 0.852. The third kappa shape index (κ3) is 4.40. The molecule has 0 atom stereocenters. The van der Waals surface area contributed by atoms with Crippen LogP contribution < -0.4 is 5.32 Å². The standard InChI is InChI=1S/C14H21BrFN/c1-10(2)14(3,4)9-17-8-11-5-6-12(15)7-13(11)16/h5-7,10,17H,8-9H2,1-4H3. The van der Waals surface area contributed by atoms with Gasteiger partial charge in [-0.15, -0.1) is 0 Å². The first-order chi connectivity index (χ1) is 7.83. The van der Waals surface area contributed by atoms with E-state index in [1.54, 1.807) is 0 Å². The maximum atomic E-state index is 13.6. The topological polar surface area (TPSA) is 12.0 Å². The predicted molar refractivity (Wildman–Crippen MR) is 74.4 cm³/mol. The van der Waals surface area contributed by atoms with Crippen molar-refractivity contribution in [3.8, 4) is 0 Å². The van der Waals surface area contributed by atoms with Crippen molar-refractivity contribution in [1.82, 2.24) is 5.32 Å². The normalized spacial score (nSPS) is 12.2. The molecule has 96 valence electrons. The molecular weight excluding hydrogens is 281 g/mol. The molecule has 1 rings (SSSR count). The molecule has 0 fully saturated rings. The van der Waals surface area contributed by atoms with Crippen LogP contribution in [0.3, 0.4) is 0 Å². The van der Waals surface area contributed by atoms with Gasteiger partial charge in [-0.1, -0.05) is 49.7 Å². The molecule has 1 aromatic rings. The molecule has 0 aliphatic carbocycles. The fourth-order valence-electron chi connectivity index (χ4n) is 1.39. The average molecular weight is 302 g/mol. The summed E-state index contributed by atoms with van der Waals surface area (Å²) in [5.74, 6) is 0.444. The molecule has 0 aromatic heterocycles. The Morgan fingerprint density at radius 3 is 2.53 bits per heavy atom. The van der Waals surface area contributed by atoms with E-state index in [0.717, 1.165) is 11.0 Å². The molecule has 0 radical (unpaired) electrons. The Bertz CT molecular complexity index is 374. The molecule has 1 N–H and O–H groups in total. The minimum atomic E-state index is -0.158. The third-order valence-electron chi connectivity index (χ3n) is 3.47. The molecule has 0 saturated heterocycles. The summed E-state index contributed by atoms with van der Waals surface area (Å²) in [5.41, 5.74) is 0.944. The van der Waals surface area contributed by atoms with Gasteiger partial charge in [0.1, 0.15) is 5.82 Å². The van der Waals surface area contributed by atoms with E-state index in [2.05, 4.69) is 48.9 Å². The highest BCUT2D eigenvalue weighted by Crippen LogP contribution is 2.25. The van der Waals surface area contributed by atoms with Gasteiger partial charge in [0.25, 0.3) is 0 Å².